The number of carbonyl (C=O) groups is 3. The summed E-state index contributed by atoms with van der Waals surface area (Å²) in [7, 11) is -3.39. The van der Waals surface area contributed by atoms with Crippen LogP contribution in [-0.4, -0.2) is 32.3 Å². The van der Waals surface area contributed by atoms with Crippen LogP contribution in [0.2, 0.25) is 0 Å². The summed E-state index contributed by atoms with van der Waals surface area (Å²) < 4.78 is 23.3. The first kappa shape index (κ1) is 25.5. The third-order valence-electron chi connectivity index (χ3n) is 5.67. The number of nitrogens with one attached hydrogen (secondary N) is 2. The summed E-state index contributed by atoms with van der Waals surface area (Å²) in [4.78, 5) is 39.3. The minimum absolute atomic E-state index is 0.0998. The number of hydrogen-bond acceptors (Lipinski definition) is 5. The lowest BCUT2D eigenvalue weighted by Crippen LogP contribution is -2.19. The monoisotopic (exact) mass is 512 g/mol. The molecule has 37 heavy (non-hydrogen) atoms. The zero-order chi connectivity index (χ0) is 26.6. The SMILES string of the molecule is Cc1ccc(NC(=O)c2ccccc2NC(=O)c2ccc(S(C)(=O)=O)cc2)c(C(=O)c2ccccc2)c1. The van der Waals surface area contributed by atoms with Crippen LogP contribution in [0.25, 0.3) is 0 Å². The Morgan fingerprint density at radius 3 is 1.89 bits per heavy atom. The standard InChI is InChI=1S/C29H24N2O5S/c1-19-12-17-26(24(18-19)27(32)20-8-4-3-5-9-20)31-29(34)23-10-6-7-11-25(23)30-28(33)21-13-15-22(16-14-21)37(2,35)36/h3-18H,1-2H3,(H,30,33)(H,31,34). The van der Waals surface area contributed by atoms with E-state index in [1.165, 1.54) is 24.3 Å². The Balaban J connectivity index is 1.58. The van der Waals surface area contributed by atoms with Crippen molar-refractivity contribution < 1.29 is 22.8 Å². The topological polar surface area (TPSA) is 109 Å². The van der Waals surface area contributed by atoms with Crippen molar-refractivity contribution in [1.82, 2.24) is 0 Å². The highest BCUT2D eigenvalue weighted by molar-refractivity contribution is 7.90. The Bertz CT molecular complexity index is 1600. The molecule has 0 fully saturated rings. The van der Waals surface area contributed by atoms with Crippen molar-refractivity contribution in [3.8, 4) is 0 Å². The van der Waals surface area contributed by atoms with Crippen LogP contribution in [-0.2, 0) is 9.84 Å². The predicted molar refractivity (Wildman–Crippen MR) is 143 cm³/mol. The summed E-state index contributed by atoms with van der Waals surface area (Å²) in [6.07, 6.45) is 1.09. The van der Waals surface area contributed by atoms with Crippen molar-refractivity contribution in [2.75, 3.05) is 16.9 Å². The van der Waals surface area contributed by atoms with Gasteiger partial charge in [0.15, 0.2) is 15.6 Å². The van der Waals surface area contributed by atoms with Crippen molar-refractivity contribution >= 4 is 38.8 Å². The van der Waals surface area contributed by atoms with Crippen LogP contribution >= 0.6 is 0 Å². The lowest BCUT2D eigenvalue weighted by molar-refractivity contribution is 0.102. The number of benzene rings is 4. The zero-order valence-corrected chi connectivity index (χ0v) is 21.0. The molecule has 0 aliphatic heterocycles. The van der Waals surface area contributed by atoms with Crippen LogP contribution in [0.3, 0.4) is 0 Å². The minimum Gasteiger partial charge on any atom is -0.321 e. The maximum Gasteiger partial charge on any atom is 0.257 e. The van der Waals surface area contributed by atoms with Gasteiger partial charge in [-0.25, -0.2) is 8.42 Å². The fourth-order valence-corrected chi connectivity index (χ4v) is 4.36. The summed E-state index contributed by atoms with van der Waals surface area (Å²) in [5.41, 5.74) is 2.76. The molecule has 0 heterocycles. The van der Waals surface area contributed by atoms with Gasteiger partial charge in [0.25, 0.3) is 11.8 Å². The summed E-state index contributed by atoms with van der Waals surface area (Å²) in [5.74, 6) is -1.23. The van der Waals surface area contributed by atoms with E-state index in [0.29, 0.717) is 16.8 Å². The van der Waals surface area contributed by atoms with E-state index < -0.39 is 21.7 Å². The normalized spacial score (nSPS) is 11.0. The highest BCUT2D eigenvalue weighted by Crippen LogP contribution is 2.24. The predicted octanol–water partition coefficient (Wildman–Crippen LogP) is 5.13. The number of sulfone groups is 1. The van der Waals surface area contributed by atoms with Crippen molar-refractivity contribution in [3.63, 3.8) is 0 Å². The molecule has 2 N–H and O–H groups in total. The first-order chi connectivity index (χ1) is 17.6. The van der Waals surface area contributed by atoms with E-state index in [1.807, 2.05) is 13.0 Å². The molecule has 0 spiro atoms. The van der Waals surface area contributed by atoms with Gasteiger partial charge in [-0.2, -0.15) is 0 Å². The number of hydrogen-bond donors (Lipinski definition) is 2. The second kappa shape index (κ2) is 10.6. The van der Waals surface area contributed by atoms with Crippen molar-refractivity contribution in [2.24, 2.45) is 0 Å². The average molecular weight is 513 g/mol. The molecule has 8 heteroatoms. The molecule has 186 valence electrons. The smallest absolute Gasteiger partial charge is 0.257 e. The Labute approximate surface area is 215 Å². The van der Waals surface area contributed by atoms with Crippen LogP contribution < -0.4 is 10.6 Å². The molecule has 0 saturated carbocycles. The second-order valence-electron chi connectivity index (χ2n) is 8.49. The van der Waals surface area contributed by atoms with E-state index in [4.69, 9.17) is 0 Å². The summed E-state index contributed by atoms with van der Waals surface area (Å²) in [5, 5.41) is 5.51. The minimum atomic E-state index is -3.39. The summed E-state index contributed by atoms with van der Waals surface area (Å²) in [6.45, 7) is 1.86. The lowest BCUT2D eigenvalue weighted by Gasteiger charge is -2.14. The van der Waals surface area contributed by atoms with Gasteiger partial charge in [-0.3, -0.25) is 14.4 Å². The van der Waals surface area contributed by atoms with Crippen LogP contribution in [0.15, 0.2) is 102 Å². The maximum atomic E-state index is 13.3. The molecule has 4 rings (SSSR count). The molecule has 0 aliphatic carbocycles. The number of anilines is 2. The summed E-state index contributed by atoms with van der Waals surface area (Å²) in [6, 6.07) is 26.0. The van der Waals surface area contributed by atoms with Crippen LogP contribution in [0.4, 0.5) is 11.4 Å². The van der Waals surface area contributed by atoms with Gasteiger partial charge in [-0.15, -0.1) is 0 Å². The number of carbonyl (C=O) groups excluding carboxylic acids is 3. The van der Waals surface area contributed by atoms with E-state index in [2.05, 4.69) is 10.6 Å². The first-order valence-corrected chi connectivity index (χ1v) is 13.2. The number of para-hydroxylation sites is 1. The van der Waals surface area contributed by atoms with Crippen LogP contribution in [0.1, 0.15) is 42.2 Å². The first-order valence-electron chi connectivity index (χ1n) is 11.4. The van der Waals surface area contributed by atoms with E-state index in [1.54, 1.807) is 66.7 Å². The number of ketones is 1. The fourth-order valence-electron chi connectivity index (χ4n) is 3.73. The van der Waals surface area contributed by atoms with Crippen LogP contribution in [0.5, 0.6) is 0 Å². The highest BCUT2D eigenvalue weighted by atomic mass is 32.2. The largest absolute Gasteiger partial charge is 0.321 e. The third-order valence-corrected chi connectivity index (χ3v) is 6.80. The Hall–Kier alpha value is -4.56. The quantitative estimate of drug-likeness (QED) is 0.334. The van der Waals surface area contributed by atoms with Gasteiger partial charge in [0.1, 0.15) is 0 Å². The molecular formula is C29H24N2O5S. The van der Waals surface area contributed by atoms with E-state index in [0.717, 1.165) is 11.8 Å². The van der Waals surface area contributed by atoms with Gasteiger partial charge >= 0.3 is 0 Å². The number of amides is 2. The average Bonchev–Trinajstić information content (AvgIpc) is 2.89. The number of aryl methyl sites for hydroxylation is 1. The zero-order valence-electron chi connectivity index (χ0n) is 20.2. The van der Waals surface area contributed by atoms with Gasteiger partial charge in [0.2, 0.25) is 0 Å². The summed E-state index contributed by atoms with van der Waals surface area (Å²) >= 11 is 0. The van der Waals surface area contributed by atoms with Crippen molar-refractivity contribution in [2.45, 2.75) is 11.8 Å². The molecule has 0 aromatic heterocycles. The molecule has 0 unspecified atom stereocenters. The molecular weight excluding hydrogens is 488 g/mol. The van der Waals surface area contributed by atoms with Crippen molar-refractivity contribution in [3.05, 3.63) is 125 Å². The molecule has 2 amide bonds. The molecule has 0 atom stereocenters. The Morgan fingerprint density at radius 1 is 0.622 bits per heavy atom. The van der Waals surface area contributed by atoms with Gasteiger partial charge in [-0.05, 0) is 55.5 Å². The Kier molecular flexibility index (Phi) is 7.31. The second-order valence-corrected chi connectivity index (χ2v) is 10.5. The van der Waals surface area contributed by atoms with Gasteiger partial charge in [0.05, 0.1) is 21.8 Å². The van der Waals surface area contributed by atoms with Gasteiger partial charge in [0, 0.05) is 22.9 Å². The van der Waals surface area contributed by atoms with E-state index in [-0.39, 0.29) is 27.5 Å². The van der Waals surface area contributed by atoms with Crippen LogP contribution in [0, 0.1) is 6.92 Å². The third kappa shape index (κ3) is 5.99. The molecule has 0 radical (unpaired) electrons. The van der Waals surface area contributed by atoms with Gasteiger partial charge in [-0.1, -0.05) is 54.1 Å². The highest BCUT2D eigenvalue weighted by Gasteiger charge is 2.19. The Morgan fingerprint density at radius 2 is 1.22 bits per heavy atom. The molecule has 0 bridgehead atoms. The van der Waals surface area contributed by atoms with Crippen molar-refractivity contribution in [1.29, 1.82) is 0 Å². The van der Waals surface area contributed by atoms with E-state index in [9.17, 15) is 22.8 Å². The lowest BCUT2D eigenvalue weighted by atomic mass is 9.99. The maximum absolute atomic E-state index is 13.3. The molecule has 7 nitrogen and oxygen atoms in total. The molecule has 4 aromatic carbocycles. The van der Waals surface area contributed by atoms with Gasteiger partial charge < -0.3 is 10.6 Å². The molecule has 0 saturated heterocycles. The molecule has 4 aromatic rings. The number of rotatable bonds is 7. The fraction of sp³-hybridized carbons (Fsp3) is 0.0690. The molecule has 0 aliphatic rings. The van der Waals surface area contributed by atoms with E-state index >= 15 is 0 Å².